The Labute approximate surface area is 205 Å². The highest BCUT2D eigenvalue weighted by atomic mass is 32.2. The predicted octanol–water partition coefficient (Wildman–Crippen LogP) is 6.69. The largest absolute Gasteiger partial charge is 0.494 e. The van der Waals surface area contributed by atoms with Crippen LogP contribution in [0, 0.1) is 5.92 Å². The Morgan fingerprint density at radius 2 is 1.56 bits per heavy atom. The number of nitrogens with one attached hydrogen (secondary N) is 2. The van der Waals surface area contributed by atoms with Gasteiger partial charge >= 0.3 is 0 Å². The third kappa shape index (κ3) is 6.87. The fraction of sp³-hybridized carbons (Fsp3) is 0.286. The van der Waals surface area contributed by atoms with Crippen LogP contribution in [0.15, 0.2) is 83.8 Å². The summed E-state index contributed by atoms with van der Waals surface area (Å²) in [5.74, 6) is 0.956. The first kappa shape index (κ1) is 23.9. The van der Waals surface area contributed by atoms with Crippen molar-refractivity contribution in [2.24, 2.45) is 5.92 Å². The van der Waals surface area contributed by atoms with Crippen molar-refractivity contribution in [1.82, 2.24) is 0 Å². The normalized spacial score (nSPS) is 13.7. The molecule has 0 radical (unpaired) electrons. The van der Waals surface area contributed by atoms with E-state index >= 15 is 0 Å². The Morgan fingerprint density at radius 1 is 0.912 bits per heavy atom. The van der Waals surface area contributed by atoms with E-state index in [1.54, 1.807) is 0 Å². The van der Waals surface area contributed by atoms with Crippen molar-refractivity contribution in [2.45, 2.75) is 42.8 Å². The number of anilines is 2. The fourth-order valence-electron chi connectivity index (χ4n) is 3.42. The van der Waals surface area contributed by atoms with E-state index < -0.39 is 5.25 Å². The van der Waals surface area contributed by atoms with E-state index in [1.165, 1.54) is 11.8 Å². The molecule has 0 bridgehead atoms. The van der Waals surface area contributed by atoms with Gasteiger partial charge in [-0.25, -0.2) is 0 Å². The van der Waals surface area contributed by atoms with Crippen molar-refractivity contribution in [3.63, 3.8) is 0 Å². The first-order valence-corrected chi connectivity index (χ1v) is 12.7. The molecule has 1 atom stereocenters. The molecule has 0 saturated heterocycles. The third-order valence-corrected chi connectivity index (χ3v) is 6.82. The van der Waals surface area contributed by atoms with Crippen LogP contribution in [0.5, 0.6) is 5.75 Å². The van der Waals surface area contributed by atoms with Crippen molar-refractivity contribution in [1.29, 1.82) is 0 Å². The molecule has 2 amide bonds. The molecule has 1 aliphatic carbocycles. The second-order valence-electron chi connectivity index (χ2n) is 8.41. The Balaban J connectivity index is 1.42. The monoisotopic (exact) mass is 474 g/mol. The summed E-state index contributed by atoms with van der Waals surface area (Å²) in [5, 5.41) is 5.57. The summed E-state index contributed by atoms with van der Waals surface area (Å²) in [7, 11) is 0. The molecule has 0 heterocycles. The highest BCUT2D eigenvalue weighted by Gasteiger charge is 2.29. The molecule has 0 spiro atoms. The molecule has 6 heteroatoms. The van der Waals surface area contributed by atoms with Gasteiger partial charge in [0.2, 0.25) is 11.8 Å². The second kappa shape index (κ2) is 11.7. The van der Waals surface area contributed by atoms with Crippen molar-refractivity contribution in [2.75, 3.05) is 17.2 Å². The standard InChI is InChI=1S/C28H30N2O3S/c1-2-3-19-33-24-15-11-22(12-16-24)30-28(32)26(20-7-5-4-6-8-20)34-25-17-13-23(14-18-25)29-27(31)21-9-10-21/h4-8,11-18,21,26H,2-3,9-10,19H2,1H3,(H,29,31)(H,30,32). The Kier molecular flexibility index (Phi) is 8.26. The molecule has 0 aliphatic heterocycles. The van der Waals surface area contributed by atoms with Gasteiger partial charge in [0, 0.05) is 22.2 Å². The van der Waals surface area contributed by atoms with Gasteiger partial charge in [0.25, 0.3) is 0 Å². The third-order valence-electron chi connectivity index (χ3n) is 5.55. The molecular weight excluding hydrogens is 444 g/mol. The van der Waals surface area contributed by atoms with Crippen molar-refractivity contribution in [3.05, 3.63) is 84.4 Å². The van der Waals surface area contributed by atoms with Crippen LogP contribution in [0.3, 0.4) is 0 Å². The van der Waals surface area contributed by atoms with Crippen LogP contribution in [0.25, 0.3) is 0 Å². The minimum absolute atomic E-state index is 0.0868. The van der Waals surface area contributed by atoms with E-state index in [1.807, 2.05) is 78.9 Å². The highest BCUT2D eigenvalue weighted by molar-refractivity contribution is 8.00. The van der Waals surface area contributed by atoms with Crippen LogP contribution in [-0.2, 0) is 9.59 Å². The van der Waals surface area contributed by atoms with Crippen LogP contribution in [-0.4, -0.2) is 18.4 Å². The summed E-state index contributed by atoms with van der Waals surface area (Å²) in [4.78, 5) is 26.2. The summed E-state index contributed by atoms with van der Waals surface area (Å²) >= 11 is 1.48. The van der Waals surface area contributed by atoms with Gasteiger partial charge < -0.3 is 15.4 Å². The quantitative estimate of drug-likeness (QED) is 0.240. The van der Waals surface area contributed by atoms with Gasteiger partial charge in [0.1, 0.15) is 11.0 Å². The lowest BCUT2D eigenvalue weighted by Crippen LogP contribution is -2.19. The molecular formula is C28H30N2O3S. The smallest absolute Gasteiger partial charge is 0.242 e. The molecule has 1 unspecified atom stereocenters. The van der Waals surface area contributed by atoms with E-state index in [9.17, 15) is 9.59 Å². The number of ether oxygens (including phenoxy) is 1. The van der Waals surface area contributed by atoms with Gasteiger partial charge in [-0.05, 0) is 73.4 Å². The second-order valence-corrected chi connectivity index (χ2v) is 9.59. The van der Waals surface area contributed by atoms with Gasteiger partial charge in [-0.2, -0.15) is 0 Å². The lowest BCUT2D eigenvalue weighted by molar-refractivity contribution is -0.117. The van der Waals surface area contributed by atoms with Gasteiger partial charge in [-0.15, -0.1) is 11.8 Å². The van der Waals surface area contributed by atoms with Gasteiger partial charge in [-0.1, -0.05) is 43.7 Å². The molecule has 1 fully saturated rings. The van der Waals surface area contributed by atoms with E-state index in [4.69, 9.17) is 4.74 Å². The lowest BCUT2D eigenvalue weighted by atomic mass is 10.1. The molecule has 4 rings (SSSR count). The van der Waals surface area contributed by atoms with E-state index in [2.05, 4.69) is 17.6 Å². The molecule has 1 saturated carbocycles. The SMILES string of the molecule is CCCCOc1ccc(NC(=O)C(Sc2ccc(NC(=O)C3CC3)cc2)c2ccccc2)cc1. The maximum absolute atomic E-state index is 13.3. The predicted molar refractivity (Wildman–Crippen MR) is 138 cm³/mol. The number of hydrogen-bond donors (Lipinski definition) is 2. The maximum Gasteiger partial charge on any atom is 0.242 e. The molecule has 34 heavy (non-hydrogen) atoms. The zero-order chi connectivity index (χ0) is 23.8. The molecule has 0 aromatic heterocycles. The zero-order valence-corrected chi connectivity index (χ0v) is 20.1. The van der Waals surface area contributed by atoms with E-state index in [0.717, 1.165) is 53.3 Å². The number of benzene rings is 3. The van der Waals surface area contributed by atoms with Gasteiger partial charge in [-0.3, -0.25) is 9.59 Å². The summed E-state index contributed by atoms with van der Waals surface area (Å²) in [6.07, 6.45) is 4.05. The first-order valence-electron chi connectivity index (χ1n) is 11.8. The molecule has 176 valence electrons. The Hall–Kier alpha value is -3.25. The summed E-state index contributed by atoms with van der Waals surface area (Å²) in [6.45, 7) is 2.82. The summed E-state index contributed by atoms with van der Waals surface area (Å²) < 4.78 is 5.71. The molecule has 3 aromatic rings. The topological polar surface area (TPSA) is 67.4 Å². The average molecular weight is 475 g/mol. The Bertz CT molecular complexity index is 1080. The molecule has 5 nitrogen and oxygen atoms in total. The number of thioether (sulfide) groups is 1. The molecule has 1 aliphatic rings. The van der Waals surface area contributed by atoms with Crippen molar-refractivity contribution in [3.8, 4) is 5.75 Å². The van der Waals surface area contributed by atoms with Crippen molar-refractivity contribution < 1.29 is 14.3 Å². The van der Waals surface area contributed by atoms with Crippen LogP contribution in [0.2, 0.25) is 0 Å². The maximum atomic E-state index is 13.3. The zero-order valence-electron chi connectivity index (χ0n) is 19.3. The number of carbonyl (C=O) groups excluding carboxylic acids is 2. The first-order chi connectivity index (χ1) is 16.6. The highest BCUT2D eigenvalue weighted by Crippen LogP contribution is 2.37. The summed E-state index contributed by atoms with van der Waals surface area (Å²) in [6, 6.07) is 24.9. The number of hydrogen-bond acceptors (Lipinski definition) is 4. The molecule has 2 N–H and O–H groups in total. The number of carbonyl (C=O) groups is 2. The number of amides is 2. The van der Waals surface area contributed by atoms with Crippen LogP contribution in [0.4, 0.5) is 11.4 Å². The number of rotatable bonds is 11. The average Bonchev–Trinajstić information content (AvgIpc) is 3.71. The lowest BCUT2D eigenvalue weighted by Gasteiger charge is -2.18. The fourth-order valence-corrected chi connectivity index (χ4v) is 4.44. The van der Waals surface area contributed by atoms with Crippen molar-refractivity contribution >= 4 is 35.0 Å². The van der Waals surface area contributed by atoms with Crippen LogP contribution >= 0.6 is 11.8 Å². The van der Waals surface area contributed by atoms with Crippen LogP contribution in [0.1, 0.15) is 43.4 Å². The summed E-state index contributed by atoms with van der Waals surface area (Å²) in [5.41, 5.74) is 2.44. The minimum Gasteiger partial charge on any atom is -0.494 e. The minimum atomic E-state index is -0.423. The van der Waals surface area contributed by atoms with E-state index in [-0.39, 0.29) is 17.7 Å². The van der Waals surface area contributed by atoms with Gasteiger partial charge in [0.15, 0.2) is 0 Å². The van der Waals surface area contributed by atoms with Crippen LogP contribution < -0.4 is 15.4 Å². The van der Waals surface area contributed by atoms with Gasteiger partial charge in [0.05, 0.1) is 6.61 Å². The van der Waals surface area contributed by atoms with E-state index in [0.29, 0.717) is 6.61 Å². The molecule has 3 aromatic carbocycles. The Morgan fingerprint density at radius 3 is 2.21 bits per heavy atom. The number of unbranched alkanes of at least 4 members (excludes halogenated alkanes) is 1.